The summed E-state index contributed by atoms with van der Waals surface area (Å²) in [5.41, 5.74) is 4.94. The van der Waals surface area contributed by atoms with Gasteiger partial charge >= 0.3 is 0 Å². The highest BCUT2D eigenvalue weighted by Crippen LogP contribution is 2.66. The van der Waals surface area contributed by atoms with Crippen LogP contribution in [-0.4, -0.2) is 21.8 Å². The number of ketones is 1. The van der Waals surface area contributed by atoms with Crippen LogP contribution in [0.25, 0.3) is 0 Å². The highest BCUT2D eigenvalue weighted by molar-refractivity contribution is 9.09. The Morgan fingerprint density at radius 1 is 1.21 bits per heavy atom. The molecular formula is C31H35BrO2. The van der Waals surface area contributed by atoms with Crippen molar-refractivity contribution < 1.29 is 9.90 Å². The zero-order chi connectivity index (χ0) is 24.1. The normalized spacial score (nSPS) is 34.0. The Hall–Kier alpha value is -1.89. The molecule has 0 spiro atoms. The molecule has 3 aliphatic rings. The topological polar surface area (TPSA) is 37.3 Å². The number of carbonyl (C=O) groups excluding carboxylic acids is 1. The lowest BCUT2D eigenvalue weighted by atomic mass is 9.53. The molecule has 0 aromatic heterocycles. The van der Waals surface area contributed by atoms with Gasteiger partial charge in [-0.1, -0.05) is 65.2 Å². The SMILES string of the molecule is C#C[C@]1(O)[C@@H](Cc2cccc(C(C)=O)c2)C[C@H]2[C@@H]3CCc4cc(CCBr)ccc4[C@H]3CC[C@@]21C. The van der Waals surface area contributed by atoms with Gasteiger partial charge in [0, 0.05) is 22.2 Å². The number of hydrogen-bond donors (Lipinski definition) is 1. The van der Waals surface area contributed by atoms with Gasteiger partial charge in [-0.25, -0.2) is 0 Å². The molecule has 2 fully saturated rings. The Bertz CT molecular complexity index is 1150. The number of aliphatic hydroxyl groups is 1. The van der Waals surface area contributed by atoms with Crippen molar-refractivity contribution in [2.75, 3.05) is 5.33 Å². The summed E-state index contributed by atoms with van der Waals surface area (Å²) in [4.78, 5) is 11.9. The van der Waals surface area contributed by atoms with Crippen LogP contribution < -0.4 is 0 Å². The highest BCUT2D eigenvalue weighted by atomic mass is 79.9. The molecule has 2 nitrogen and oxygen atoms in total. The lowest BCUT2D eigenvalue weighted by molar-refractivity contribution is -0.0800. The van der Waals surface area contributed by atoms with Crippen LogP contribution in [0.2, 0.25) is 0 Å². The van der Waals surface area contributed by atoms with Gasteiger partial charge in [-0.05, 0) is 97.9 Å². The monoisotopic (exact) mass is 518 g/mol. The standard InChI is InChI=1S/C31H35BrO2/c1-4-31(34)25(18-22-6-5-7-23(17-22)20(2)33)19-29-28-11-9-24-16-21(13-15-32)8-10-26(24)27(28)12-14-30(29,31)3/h1,5-8,10,16-17,25,27-29,34H,9,11-15,18-19H2,2-3H3/t25-,27+,28+,29-,30-,31-/m0/s1. The summed E-state index contributed by atoms with van der Waals surface area (Å²) in [7, 11) is 0. The Morgan fingerprint density at radius 3 is 2.76 bits per heavy atom. The number of Topliss-reactive ketones (excluding diaryl/α,β-unsaturated/α-hetero) is 1. The maximum Gasteiger partial charge on any atom is 0.159 e. The maximum absolute atomic E-state index is 12.0. The van der Waals surface area contributed by atoms with Crippen LogP contribution in [0.4, 0.5) is 0 Å². The third kappa shape index (κ3) is 3.69. The average molecular weight is 520 g/mol. The second kappa shape index (κ2) is 8.96. The number of aryl methyl sites for hydroxylation is 2. The van der Waals surface area contributed by atoms with E-state index in [1.54, 1.807) is 12.5 Å². The summed E-state index contributed by atoms with van der Waals surface area (Å²) >= 11 is 3.58. The van der Waals surface area contributed by atoms with Gasteiger partial charge in [0.15, 0.2) is 5.78 Å². The molecule has 0 aliphatic heterocycles. The van der Waals surface area contributed by atoms with Crippen LogP contribution in [0.3, 0.4) is 0 Å². The predicted molar refractivity (Wildman–Crippen MR) is 141 cm³/mol. The molecule has 0 saturated heterocycles. The highest BCUT2D eigenvalue weighted by Gasteiger charge is 2.65. The fourth-order valence-corrected chi connectivity index (χ4v) is 8.25. The van der Waals surface area contributed by atoms with Crippen molar-refractivity contribution in [3.05, 3.63) is 70.3 Å². The number of terminal acetylenes is 1. The smallest absolute Gasteiger partial charge is 0.159 e. The Balaban J connectivity index is 1.45. The molecule has 0 bridgehead atoms. The number of alkyl halides is 1. The van der Waals surface area contributed by atoms with Gasteiger partial charge in [-0.15, -0.1) is 6.42 Å². The minimum Gasteiger partial charge on any atom is -0.377 e. The minimum absolute atomic E-state index is 0.0103. The molecule has 34 heavy (non-hydrogen) atoms. The third-order valence-corrected chi connectivity index (χ3v) is 10.00. The zero-order valence-corrected chi connectivity index (χ0v) is 21.9. The predicted octanol–water partition coefficient (Wildman–Crippen LogP) is 6.52. The molecular weight excluding hydrogens is 484 g/mol. The number of rotatable bonds is 5. The maximum atomic E-state index is 12.0. The van der Waals surface area contributed by atoms with E-state index >= 15 is 0 Å². The summed E-state index contributed by atoms with van der Waals surface area (Å²) in [5, 5.41) is 13.0. The first kappa shape index (κ1) is 23.8. The number of carbonyl (C=O) groups is 1. The molecule has 2 saturated carbocycles. The van der Waals surface area contributed by atoms with Gasteiger partial charge in [-0.3, -0.25) is 4.79 Å². The molecule has 0 amide bonds. The molecule has 1 N–H and O–H groups in total. The summed E-state index contributed by atoms with van der Waals surface area (Å²) in [6.45, 7) is 3.86. The second-order valence-electron chi connectivity index (χ2n) is 11.1. The molecule has 0 radical (unpaired) electrons. The largest absolute Gasteiger partial charge is 0.377 e. The van der Waals surface area contributed by atoms with Crippen molar-refractivity contribution in [2.45, 2.75) is 70.3 Å². The van der Waals surface area contributed by atoms with Gasteiger partial charge in [0.1, 0.15) is 5.60 Å². The van der Waals surface area contributed by atoms with Gasteiger partial charge in [-0.2, -0.15) is 0 Å². The van der Waals surface area contributed by atoms with Crippen molar-refractivity contribution in [3.8, 4) is 12.3 Å². The minimum atomic E-state index is -1.12. The summed E-state index contributed by atoms with van der Waals surface area (Å²) in [5.74, 6) is 4.55. The van der Waals surface area contributed by atoms with Crippen molar-refractivity contribution >= 4 is 21.7 Å². The summed E-state index contributed by atoms with van der Waals surface area (Å²) in [6, 6.07) is 15.0. The molecule has 5 rings (SSSR count). The summed E-state index contributed by atoms with van der Waals surface area (Å²) < 4.78 is 0. The number of hydrogen-bond acceptors (Lipinski definition) is 2. The van der Waals surface area contributed by atoms with E-state index in [1.165, 1.54) is 17.5 Å². The van der Waals surface area contributed by atoms with Crippen LogP contribution in [0.5, 0.6) is 0 Å². The number of benzene rings is 2. The van der Waals surface area contributed by atoms with Gasteiger partial charge in [0.25, 0.3) is 0 Å². The first-order valence-electron chi connectivity index (χ1n) is 12.8. The molecule has 3 heteroatoms. The number of halogens is 1. The van der Waals surface area contributed by atoms with Crippen LogP contribution in [0, 0.1) is 35.5 Å². The van der Waals surface area contributed by atoms with E-state index in [1.807, 2.05) is 18.2 Å². The van der Waals surface area contributed by atoms with Crippen molar-refractivity contribution in [2.24, 2.45) is 23.2 Å². The van der Waals surface area contributed by atoms with Crippen LogP contribution in [0.1, 0.15) is 78.1 Å². The zero-order valence-electron chi connectivity index (χ0n) is 20.3. The third-order valence-electron chi connectivity index (χ3n) is 9.60. The van der Waals surface area contributed by atoms with E-state index in [-0.39, 0.29) is 17.1 Å². The molecule has 0 unspecified atom stereocenters. The van der Waals surface area contributed by atoms with Gasteiger partial charge < -0.3 is 5.11 Å². The van der Waals surface area contributed by atoms with Crippen molar-refractivity contribution in [1.29, 1.82) is 0 Å². The lowest BCUT2D eigenvalue weighted by Crippen LogP contribution is -2.52. The fourth-order valence-electron chi connectivity index (χ4n) is 7.79. The van der Waals surface area contributed by atoms with E-state index in [2.05, 4.69) is 53.0 Å². The Morgan fingerprint density at radius 2 is 2.03 bits per heavy atom. The van der Waals surface area contributed by atoms with Gasteiger partial charge in [0.2, 0.25) is 0 Å². The first-order chi connectivity index (χ1) is 16.3. The molecule has 0 heterocycles. The quantitative estimate of drug-likeness (QED) is 0.278. The van der Waals surface area contributed by atoms with Crippen LogP contribution >= 0.6 is 15.9 Å². The van der Waals surface area contributed by atoms with E-state index in [0.29, 0.717) is 17.8 Å². The molecule has 6 atom stereocenters. The van der Waals surface area contributed by atoms with Crippen molar-refractivity contribution in [3.63, 3.8) is 0 Å². The van der Waals surface area contributed by atoms with E-state index in [0.717, 1.165) is 55.0 Å². The number of fused-ring (bicyclic) bond motifs is 5. The van der Waals surface area contributed by atoms with E-state index in [9.17, 15) is 9.90 Å². The van der Waals surface area contributed by atoms with E-state index in [4.69, 9.17) is 6.42 Å². The second-order valence-corrected chi connectivity index (χ2v) is 11.9. The first-order valence-corrected chi connectivity index (χ1v) is 13.9. The fraction of sp³-hybridized carbons (Fsp3) is 0.516. The van der Waals surface area contributed by atoms with E-state index < -0.39 is 5.60 Å². The van der Waals surface area contributed by atoms with Crippen molar-refractivity contribution in [1.82, 2.24) is 0 Å². The molecule has 178 valence electrons. The molecule has 3 aliphatic carbocycles. The van der Waals surface area contributed by atoms with Crippen LogP contribution in [-0.2, 0) is 19.3 Å². The molecule has 2 aromatic carbocycles. The molecule has 2 aromatic rings. The Labute approximate surface area is 212 Å². The summed E-state index contributed by atoms with van der Waals surface area (Å²) in [6.07, 6.45) is 13.2. The van der Waals surface area contributed by atoms with Crippen LogP contribution in [0.15, 0.2) is 42.5 Å². The Kier molecular flexibility index (Phi) is 6.28. The lowest BCUT2D eigenvalue weighted by Gasteiger charge is -2.52. The van der Waals surface area contributed by atoms with Gasteiger partial charge in [0.05, 0.1) is 0 Å². The average Bonchev–Trinajstić information content (AvgIpc) is 3.06.